The molecule has 4 N–H and O–H groups in total. The molecule has 0 fully saturated rings. The van der Waals surface area contributed by atoms with E-state index in [9.17, 15) is 15.0 Å². The van der Waals surface area contributed by atoms with Gasteiger partial charge in [-0.25, -0.2) is 0 Å². The van der Waals surface area contributed by atoms with E-state index in [1.807, 2.05) is 6.92 Å². The molecule has 0 bridgehead atoms. The van der Waals surface area contributed by atoms with Crippen molar-refractivity contribution in [3.05, 3.63) is 23.8 Å². The maximum atomic E-state index is 11.8. The number of benzene rings is 1. The average Bonchev–Trinajstić information content (AvgIpc) is 2.28. The second-order valence-electron chi connectivity index (χ2n) is 3.76. The molecule has 94 valence electrons. The third kappa shape index (κ3) is 3.35. The molecule has 1 aromatic rings. The summed E-state index contributed by atoms with van der Waals surface area (Å²) in [6.45, 7) is 1.86. The third-order valence-electron chi connectivity index (χ3n) is 2.55. The lowest BCUT2D eigenvalue weighted by atomic mass is 10.1. The van der Waals surface area contributed by atoms with Crippen LogP contribution in [0, 0.1) is 0 Å². The van der Waals surface area contributed by atoms with E-state index in [2.05, 4.69) is 5.32 Å². The van der Waals surface area contributed by atoms with Crippen molar-refractivity contribution in [2.45, 2.75) is 25.8 Å². The molecule has 1 aromatic carbocycles. The Morgan fingerprint density at radius 2 is 1.94 bits per heavy atom. The van der Waals surface area contributed by atoms with Crippen LogP contribution < -0.4 is 5.32 Å². The van der Waals surface area contributed by atoms with Crippen LogP contribution in [0.25, 0.3) is 0 Å². The lowest BCUT2D eigenvalue weighted by molar-refractivity contribution is 0.0923. The summed E-state index contributed by atoms with van der Waals surface area (Å²) in [5.74, 6) is -1.07. The highest BCUT2D eigenvalue weighted by molar-refractivity contribution is 5.99. The standard InChI is InChI=1S/C12H17NO4/c1-2-8(6-7-14)13-12(17)11-9(15)4-3-5-10(11)16/h3-5,8,14-16H,2,6-7H2,1H3,(H,13,17). The summed E-state index contributed by atoms with van der Waals surface area (Å²) in [5, 5.41) is 30.5. The molecule has 5 nitrogen and oxygen atoms in total. The van der Waals surface area contributed by atoms with Crippen molar-refractivity contribution < 1.29 is 20.1 Å². The summed E-state index contributed by atoms with van der Waals surface area (Å²) in [5.41, 5.74) is -0.135. The molecule has 17 heavy (non-hydrogen) atoms. The molecule has 5 heteroatoms. The lowest BCUT2D eigenvalue weighted by Gasteiger charge is -2.16. The van der Waals surface area contributed by atoms with Crippen molar-refractivity contribution in [1.29, 1.82) is 0 Å². The first-order valence-electron chi connectivity index (χ1n) is 5.52. The molecule has 1 amide bonds. The van der Waals surface area contributed by atoms with Crippen LogP contribution in [0.15, 0.2) is 18.2 Å². The molecule has 1 unspecified atom stereocenters. The van der Waals surface area contributed by atoms with Crippen LogP contribution in [-0.2, 0) is 0 Å². The maximum absolute atomic E-state index is 11.8. The molecule has 0 radical (unpaired) electrons. The van der Waals surface area contributed by atoms with Gasteiger partial charge in [0.1, 0.15) is 17.1 Å². The molecular weight excluding hydrogens is 222 g/mol. The summed E-state index contributed by atoms with van der Waals surface area (Å²) in [6, 6.07) is 3.95. The van der Waals surface area contributed by atoms with Crippen molar-refractivity contribution in [3.8, 4) is 11.5 Å². The van der Waals surface area contributed by atoms with E-state index in [0.717, 1.165) is 0 Å². The van der Waals surface area contributed by atoms with Gasteiger partial charge in [-0.1, -0.05) is 13.0 Å². The van der Waals surface area contributed by atoms with Gasteiger partial charge in [-0.15, -0.1) is 0 Å². The van der Waals surface area contributed by atoms with Gasteiger partial charge in [0.25, 0.3) is 5.91 Å². The summed E-state index contributed by atoms with van der Waals surface area (Å²) >= 11 is 0. The highest BCUT2D eigenvalue weighted by atomic mass is 16.3. The molecular formula is C12H17NO4. The van der Waals surface area contributed by atoms with Crippen molar-refractivity contribution in [2.24, 2.45) is 0 Å². The largest absolute Gasteiger partial charge is 0.507 e. The zero-order valence-electron chi connectivity index (χ0n) is 9.68. The van der Waals surface area contributed by atoms with Crippen molar-refractivity contribution in [1.82, 2.24) is 5.32 Å². The Bertz CT molecular complexity index is 372. The van der Waals surface area contributed by atoms with Crippen LogP contribution in [0.4, 0.5) is 0 Å². The summed E-state index contributed by atoms with van der Waals surface area (Å²) < 4.78 is 0. The fourth-order valence-corrected chi connectivity index (χ4v) is 1.55. The number of carbonyl (C=O) groups is 1. The predicted octanol–water partition coefficient (Wildman–Crippen LogP) is 0.989. The van der Waals surface area contributed by atoms with Gasteiger partial charge in [0.2, 0.25) is 0 Å². The molecule has 1 atom stereocenters. The van der Waals surface area contributed by atoms with Gasteiger partial charge in [-0.3, -0.25) is 4.79 Å². The molecule has 0 aliphatic heterocycles. The van der Waals surface area contributed by atoms with E-state index in [1.54, 1.807) is 0 Å². The summed E-state index contributed by atoms with van der Waals surface area (Å²) in [4.78, 5) is 11.8. The van der Waals surface area contributed by atoms with Crippen LogP contribution in [0.1, 0.15) is 30.1 Å². The minimum Gasteiger partial charge on any atom is -0.507 e. The summed E-state index contributed by atoms with van der Waals surface area (Å²) in [7, 11) is 0. The van der Waals surface area contributed by atoms with Crippen LogP contribution in [0.5, 0.6) is 11.5 Å². The molecule has 0 spiro atoms. The average molecular weight is 239 g/mol. The zero-order chi connectivity index (χ0) is 12.8. The second kappa shape index (κ2) is 6.10. The monoisotopic (exact) mass is 239 g/mol. The number of nitrogens with one attached hydrogen (secondary N) is 1. The van der Waals surface area contributed by atoms with Crippen LogP contribution in [-0.4, -0.2) is 33.9 Å². The lowest BCUT2D eigenvalue weighted by Crippen LogP contribution is -2.35. The molecule has 0 heterocycles. The molecule has 0 saturated carbocycles. The number of aromatic hydroxyl groups is 2. The van der Waals surface area contributed by atoms with Crippen LogP contribution in [0.3, 0.4) is 0 Å². The maximum Gasteiger partial charge on any atom is 0.259 e. The number of aliphatic hydroxyl groups excluding tert-OH is 1. The first-order chi connectivity index (χ1) is 8.10. The van der Waals surface area contributed by atoms with E-state index >= 15 is 0 Å². The number of rotatable bonds is 5. The number of hydrogen-bond donors (Lipinski definition) is 4. The molecule has 0 aliphatic carbocycles. The Kier molecular flexibility index (Phi) is 4.78. The molecule has 1 rings (SSSR count). The predicted molar refractivity (Wildman–Crippen MR) is 63.0 cm³/mol. The SMILES string of the molecule is CCC(CCO)NC(=O)c1c(O)cccc1O. The fourth-order valence-electron chi connectivity index (χ4n) is 1.55. The van der Waals surface area contributed by atoms with Crippen molar-refractivity contribution in [3.63, 3.8) is 0 Å². The van der Waals surface area contributed by atoms with E-state index in [4.69, 9.17) is 5.11 Å². The van der Waals surface area contributed by atoms with E-state index in [-0.39, 0.29) is 29.7 Å². The summed E-state index contributed by atoms with van der Waals surface area (Å²) in [6.07, 6.45) is 1.11. The van der Waals surface area contributed by atoms with Gasteiger partial charge < -0.3 is 20.6 Å². The van der Waals surface area contributed by atoms with E-state index < -0.39 is 5.91 Å². The Balaban J connectivity index is 2.82. The number of aliphatic hydroxyl groups is 1. The van der Waals surface area contributed by atoms with Crippen molar-refractivity contribution in [2.75, 3.05) is 6.61 Å². The highest BCUT2D eigenvalue weighted by Crippen LogP contribution is 2.26. The number of carbonyl (C=O) groups excluding carboxylic acids is 1. The van der Waals surface area contributed by atoms with E-state index in [0.29, 0.717) is 12.8 Å². The highest BCUT2D eigenvalue weighted by Gasteiger charge is 2.18. The zero-order valence-corrected chi connectivity index (χ0v) is 9.68. The molecule has 0 aromatic heterocycles. The quantitative estimate of drug-likeness (QED) is 0.616. The number of hydrogen-bond acceptors (Lipinski definition) is 4. The Morgan fingerprint density at radius 3 is 2.41 bits per heavy atom. The number of phenols is 2. The Morgan fingerprint density at radius 1 is 1.35 bits per heavy atom. The Hall–Kier alpha value is -1.75. The van der Waals surface area contributed by atoms with Gasteiger partial charge in [0.15, 0.2) is 0 Å². The molecule has 0 aliphatic rings. The smallest absolute Gasteiger partial charge is 0.259 e. The molecule has 0 saturated heterocycles. The topological polar surface area (TPSA) is 89.8 Å². The second-order valence-corrected chi connectivity index (χ2v) is 3.76. The van der Waals surface area contributed by atoms with Gasteiger partial charge in [0.05, 0.1) is 0 Å². The van der Waals surface area contributed by atoms with E-state index in [1.165, 1.54) is 18.2 Å². The van der Waals surface area contributed by atoms with Gasteiger partial charge in [-0.2, -0.15) is 0 Å². The van der Waals surface area contributed by atoms with Gasteiger partial charge >= 0.3 is 0 Å². The van der Waals surface area contributed by atoms with Crippen LogP contribution in [0.2, 0.25) is 0 Å². The minimum absolute atomic E-state index is 0.0223. The first-order valence-corrected chi connectivity index (χ1v) is 5.52. The number of phenolic OH excluding ortho intramolecular Hbond substituents is 2. The van der Waals surface area contributed by atoms with Crippen molar-refractivity contribution >= 4 is 5.91 Å². The van der Waals surface area contributed by atoms with Gasteiger partial charge in [-0.05, 0) is 25.0 Å². The fraction of sp³-hybridized carbons (Fsp3) is 0.417. The van der Waals surface area contributed by atoms with Gasteiger partial charge in [0, 0.05) is 12.6 Å². The third-order valence-corrected chi connectivity index (χ3v) is 2.55. The Labute approximate surface area is 99.7 Å². The minimum atomic E-state index is -0.541. The first kappa shape index (κ1) is 13.3. The van der Waals surface area contributed by atoms with Crippen LogP contribution >= 0.6 is 0 Å². The number of amides is 1. The normalized spacial score (nSPS) is 12.1.